The highest BCUT2D eigenvalue weighted by Crippen LogP contribution is 2.23. The standard InChI is InChI=1S/C14H16N2O/c1-17-10-8-11-4-6-12(7-5-11)14-13(15)3-2-9-16-14/h2-7,9H,8,10,15H2,1H3. The van der Waals surface area contributed by atoms with Crippen LogP contribution in [0.4, 0.5) is 5.69 Å². The predicted molar refractivity (Wildman–Crippen MR) is 69.7 cm³/mol. The zero-order chi connectivity index (χ0) is 12.1. The van der Waals surface area contributed by atoms with Gasteiger partial charge in [-0.2, -0.15) is 0 Å². The number of methoxy groups -OCH3 is 1. The van der Waals surface area contributed by atoms with E-state index in [0.29, 0.717) is 5.69 Å². The molecule has 2 rings (SSSR count). The summed E-state index contributed by atoms with van der Waals surface area (Å²) in [5.41, 5.74) is 9.73. The van der Waals surface area contributed by atoms with E-state index in [0.717, 1.165) is 24.3 Å². The molecule has 1 heterocycles. The van der Waals surface area contributed by atoms with Crippen LogP contribution in [0, 0.1) is 0 Å². The number of anilines is 1. The Kier molecular flexibility index (Phi) is 3.73. The van der Waals surface area contributed by atoms with Gasteiger partial charge in [0.05, 0.1) is 18.0 Å². The van der Waals surface area contributed by atoms with Crippen molar-refractivity contribution in [3.05, 3.63) is 48.2 Å². The summed E-state index contributed by atoms with van der Waals surface area (Å²) in [5, 5.41) is 0. The van der Waals surface area contributed by atoms with Crippen molar-refractivity contribution >= 4 is 5.69 Å². The molecule has 3 heteroatoms. The first-order valence-electron chi connectivity index (χ1n) is 5.60. The highest BCUT2D eigenvalue weighted by atomic mass is 16.5. The lowest BCUT2D eigenvalue weighted by atomic mass is 10.1. The molecule has 3 nitrogen and oxygen atoms in total. The Hall–Kier alpha value is -1.87. The first kappa shape index (κ1) is 11.6. The Balaban J connectivity index is 2.21. The van der Waals surface area contributed by atoms with Crippen LogP contribution in [0.2, 0.25) is 0 Å². The van der Waals surface area contributed by atoms with Crippen molar-refractivity contribution in [3.8, 4) is 11.3 Å². The minimum absolute atomic E-state index is 0.706. The third kappa shape index (κ3) is 2.82. The number of ether oxygens (including phenoxy) is 1. The van der Waals surface area contributed by atoms with E-state index in [1.165, 1.54) is 5.56 Å². The number of nitrogens with zero attached hydrogens (tertiary/aromatic N) is 1. The fourth-order valence-corrected chi connectivity index (χ4v) is 1.71. The molecule has 0 aliphatic heterocycles. The molecule has 0 saturated carbocycles. The minimum Gasteiger partial charge on any atom is -0.397 e. The van der Waals surface area contributed by atoms with Gasteiger partial charge in [0.25, 0.3) is 0 Å². The highest BCUT2D eigenvalue weighted by molar-refractivity contribution is 5.72. The van der Waals surface area contributed by atoms with E-state index >= 15 is 0 Å². The number of hydrogen-bond acceptors (Lipinski definition) is 3. The molecule has 88 valence electrons. The molecule has 2 aromatic rings. The highest BCUT2D eigenvalue weighted by Gasteiger charge is 2.02. The quantitative estimate of drug-likeness (QED) is 0.874. The second-order valence-electron chi connectivity index (χ2n) is 3.88. The molecule has 2 N–H and O–H groups in total. The number of pyridine rings is 1. The van der Waals surface area contributed by atoms with E-state index in [2.05, 4.69) is 17.1 Å². The molecule has 0 unspecified atom stereocenters. The molecule has 0 spiro atoms. The predicted octanol–water partition coefficient (Wildman–Crippen LogP) is 2.52. The lowest BCUT2D eigenvalue weighted by Crippen LogP contribution is -1.95. The van der Waals surface area contributed by atoms with Crippen molar-refractivity contribution in [1.29, 1.82) is 0 Å². The van der Waals surface area contributed by atoms with E-state index < -0.39 is 0 Å². The molecule has 0 atom stereocenters. The summed E-state index contributed by atoms with van der Waals surface area (Å²) in [7, 11) is 1.71. The first-order chi connectivity index (χ1) is 8.31. The fourth-order valence-electron chi connectivity index (χ4n) is 1.71. The van der Waals surface area contributed by atoms with Gasteiger partial charge in [0.2, 0.25) is 0 Å². The summed E-state index contributed by atoms with van der Waals surface area (Å²) in [6, 6.07) is 12.0. The first-order valence-corrected chi connectivity index (χ1v) is 5.60. The largest absolute Gasteiger partial charge is 0.397 e. The Morgan fingerprint density at radius 2 is 1.94 bits per heavy atom. The van der Waals surface area contributed by atoms with Gasteiger partial charge in [0, 0.05) is 18.9 Å². The molecular formula is C14H16N2O. The van der Waals surface area contributed by atoms with Gasteiger partial charge in [-0.1, -0.05) is 24.3 Å². The Morgan fingerprint density at radius 1 is 1.18 bits per heavy atom. The van der Waals surface area contributed by atoms with E-state index in [4.69, 9.17) is 10.5 Å². The zero-order valence-corrected chi connectivity index (χ0v) is 9.89. The van der Waals surface area contributed by atoms with Crippen LogP contribution in [0.3, 0.4) is 0 Å². The van der Waals surface area contributed by atoms with E-state index in [-0.39, 0.29) is 0 Å². The van der Waals surface area contributed by atoms with E-state index in [9.17, 15) is 0 Å². The number of benzene rings is 1. The van der Waals surface area contributed by atoms with Crippen molar-refractivity contribution in [2.24, 2.45) is 0 Å². The van der Waals surface area contributed by atoms with Crippen LogP contribution in [0.15, 0.2) is 42.6 Å². The zero-order valence-electron chi connectivity index (χ0n) is 9.89. The number of nitrogen functional groups attached to an aromatic ring is 1. The van der Waals surface area contributed by atoms with E-state index in [1.54, 1.807) is 13.3 Å². The van der Waals surface area contributed by atoms with Gasteiger partial charge in [-0.3, -0.25) is 4.98 Å². The summed E-state index contributed by atoms with van der Waals surface area (Å²) >= 11 is 0. The van der Waals surface area contributed by atoms with Gasteiger partial charge in [-0.15, -0.1) is 0 Å². The number of rotatable bonds is 4. The molecule has 0 bridgehead atoms. The van der Waals surface area contributed by atoms with Crippen molar-refractivity contribution in [2.45, 2.75) is 6.42 Å². The topological polar surface area (TPSA) is 48.1 Å². The second-order valence-corrected chi connectivity index (χ2v) is 3.88. The summed E-state index contributed by atoms with van der Waals surface area (Å²) in [6.07, 6.45) is 2.68. The lowest BCUT2D eigenvalue weighted by molar-refractivity contribution is 0.202. The van der Waals surface area contributed by atoms with Gasteiger partial charge in [0.1, 0.15) is 0 Å². The van der Waals surface area contributed by atoms with Crippen LogP contribution < -0.4 is 5.73 Å². The minimum atomic E-state index is 0.706. The number of hydrogen-bond donors (Lipinski definition) is 1. The van der Waals surface area contributed by atoms with Crippen LogP contribution in [0.5, 0.6) is 0 Å². The smallest absolute Gasteiger partial charge is 0.0931 e. The third-order valence-corrected chi connectivity index (χ3v) is 2.66. The fraction of sp³-hybridized carbons (Fsp3) is 0.214. The molecule has 0 aliphatic carbocycles. The number of aromatic nitrogens is 1. The van der Waals surface area contributed by atoms with Gasteiger partial charge in [-0.25, -0.2) is 0 Å². The normalized spacial score (nSPS) is 10.4. The van der Waals surface area contributed by atoms with Gasteiger partial charge in [0.15, 0.2) is 0 Å². The Labute approximate surface area is 101 Å². The molecule has 1 aromatic heterocycles. The SMILES string of the molecule is COCCc1ccc(-c2ncccc2N)cc1. The van der Waals surface area contributed by atoms with Gasteiger partial charge in [-0.05, 0) is 24.1 Å². The van der Waals surface area contributed by atoms with Gasteiger partial charge >= 0.3 is 0 Å². The molecular weight excluding hydrogens is 212 g/mol. The Morgan fingerprint density at radius 3 is 2.59 bits per heavy atom. The van der Waals surface area contributed by atoms with Crippen LogP contribution in [0.1, 0.15) is 5.56 Å². The summed E-state index contributed by atoms with van der Waals surface area (Å²) in [5.74, 6) is 0. The van der Waals surface area contributed by atoms with Crippen molar-refractivity contribution in [2.75, 3.05) is 19.5 Å². The molecule has 1 aromatic carbocycles. The Bertz CT molecular complexity index is 480. The molecule has 0 amide bonds. The summed E-state index contributed by atoms with van der Waals surface area (Å²) in [6.45, 7) is 0.741. The molecule has 17 heavy (non-hydrogen) atoms. The average molecular weight is 228 g/mol. The average Bonchev–Trinajstić information content (AvgIpc) is 2.38. The molecule has 0 saturated heterocycles. The molecule has 0 fully saturated rings. The maximum Gasteiger partial charge on any atom is 0.0931 e. The van der Waals surface area contributed by atoms with Gasteiger partial charge < -0.3 is 10.5 Å². The van der Waals surface area contributed by atoms with Crippen LogP contribution in [-0.4, -0.2) is 18.7 Å². The summed E-state index contributed by atoms with van der Waals surface area (Å²) in [4.78, 5) is 4.29. The van der Waals surface area contributed by atoms with Crippen molar-refractivity contribution in [3.63, 3.8) is 0 Å². The maximum atomic E-state index is 5.89. The van der Waals surface area contributed by atoms with Crippen LogP contribution >= 0.6 is 0 Å². The second kappa shape index (κ2) is 5.46. The number of nitrogens with two attached hydrogens (primary N) is 1. The lowest BCUT2D eigenvalue weighted by Gasteiger charge is -2.05. The van der Waals surface area contributed by atoms with Crippen LogP contribution in [0.25, 0.3) is 11.3 Å². The van der Waals surface area contributed by atoms with Crippen LogP contribution in [-0.2, 0) is 11.2 Å². The molecule has 0 aliphatic rings. The third-order valence-electron chi connectivity index (χ3n) is 2.66. The summed E-state index contributed by atoms with van der Waals surface area (Å²) < 4.78 is 5.05. The van der Waals surface area contributed by atoms with Crippen molar-refractivity contribution < 1.29 is 4.74 Å². The van der Waals surface area contributed by atoms with Crippen molar-refractivity contribution in [1.82, 2.24) is 4.98 Å². The molecule has 0 radical (unpaired) electrons. The monoisotopic (exact) mass is 228 g/mol. The van der Waals surface area contributed by atoms with E-state index in [1.807, 2.05) is 24.3 Å². The maximum absolute atomic E-state index is 5.89.